The van der Waals surface area contributed by atoms with Crippen LogP contribution in [-0.4, -0.2) is 76.2 Å². The molecule has 1 aromatic carbocycles. The highest BCUT2D eigenvalue weighted by Crippen LogP contribution is 2.64. The second-order valence-electron chi connectivity index (χ2n) is 11.2. The summed E-state index contributed by atoms with van der Waals surface area (Å²) in [5, 5.41) is 9.16. The zero-order chi connectivity index (χ0) is 28.8. The topological polar surface area (TPSA) is 96.4 Å². The molecule has 2 unspecified atom stereocenters. The predicted octanol–water partition coefficient (Wildman–Crippen LogP) is 4.03. The molecule has 3 saturated heterocycles. The third-order valence-corrected chi connectivity index (χ3v) is 8.92. The minimum absolute atomic E-state index is 0.132. The molecular formula is C32H44N2O6. The third kappa shape index (κ3) is 5.48. The smallest absolute Gasteiger partial charge is 0.312 e. The molecule has 3 aliphatic rings. The Hall–Kier alpha value is -2.97. The Bertz CT molecular complexity index is 1080. The van der Waals surface area contributed by atoms with Gasteiger partial charge in [0.05, 0.1) is 18.1 Å². The van der Waals surface area contributed by atoms with Gasteiger partial charge in [-0.05, 0) is 44.1 Å². The molecule has 40 heavy (non-hydrogen) atoms. The SMILES string of the molecule is C=CCCOC(=O)[C@@H]1[C@H]2C(=O)N(CCCCCCO)C(C(=O)N(CC=C)Cc3ccccc3)C23CC[C@@]1(CC)O3. The van der Waals surface area contributed by atoms with Crippen molar-refractivity contribution in [2.45, 2.75) is 82.1 Å². The fraction of sp³-hybridized carbons (Fsp3) is 0.594. The first-order valence-corrected chi connectivity index (χ1v) is 14.7. The summed E-state index contributed by atoms with van der Waals surface area (Å²) in [5.74, 6) is -2.31. The first kappa shape index (κ1) is 30.0. The Labute approximate surface area is 238 Å². The fourth-order valence-corrected chi connectivity index (χ4v) is 7.04. The van der Waals surface area contributed by atoms with Crippen LogP contribution in [0.25, 0.3) is 0 Å². The minimum atomic E-state index is -1.08. The lowest BCUT2D eigenvalue weighted by molar-refractivity contribution is -0.162. The second kappa shape index (κ2) is 13.1. The zero-order valence-corrected chi connectivity index (χ0v) is 23.8. The maximum atomic E-state index is 14.5. The fourth-order valence-electron chi connectivity index (χ4n) is 7.04. The summed E-state index contributed by atoms with van der Waals surface area (Å²) in [6.07, 6.45) is 8.69. The van der Waals surface area contributed by atoms with E-state index in [4.69, 9.17) is 14.6 Å². The molecule has 4 rings (SSSR count). The van der Waals surface area contributed by atoms with Crippen molar-refractivity contribution in [3.05, 3.63) is 61.2 Å². The molecule has 8 heteroatoms. The van der Waals surface area contributed by atoms with Gasteiger partial charge in [0, 0.05) is 26.2 Å². The summed E-state index contributed by atoms with van der Waals surface area (Å²) in [7, 11) is 0. The molecule has 3 fully saturated rings. The minimum Gasteiger partial charge on any atom is -0.465 e. The molecule has 3 aliphatic heterocycles. The van der Waals surface area contributed by atoms with Crippen LogP contribution in [0.1, 0.15) is 63.9 Å². The van der Waals surface area contributed by atoms with Gasteiger partial charge >= 0.3 is 5.97 Å². The summed E-state index contributed by atoms with van der Waals surface area (Å²) in [4.78, 5) is 45.7. The lowest BCUT2D eigenvalue weighted by Gasteiger charge is -2.37. The molecule has 1 N–H and O–H groups in total. The van der Waals surface area contributed by atoms with Crippen LogP contribution < -0.4 is 0 Å². The van der Waals surface area contributed by atoms with Gasteiger partial charge in [-0.3, -0.25) is 14.4 Å². The zero-order valence-electron chi connectivity index (χ0n) is 23.8. The molecule has 1 aromatic rings. The Kier molecular flexibility index (Phi) is 9.85. The van der Waals surface area contributed by atoms with Crippen molar-refractivity contribution in [2.75, 3.05) is 26.3 Å². The van der Waals surface area contributed by atoms with Gasteiger partial charge in [-0.25, -0.2) is 0 Å². The number of amides is 2. The first-order valence-electron chi connectivity index (χ1n) is 14.7. The van der Waals surface area contributed by atoms with E-state index in [1.165, 1.54) is 0 Å². The first-order chi connectivity index (χ1) is 19.4. The van der Waals surface area contributed by atoms with E-state index in [0.29, 0.717) is 58.2 Å². The van der Waals surface area contributed by atoms with Crippen LogP contribution in [-0.2, 0) is 30.4 Å². The Morgan fingerprint density at radius 3 is 2.58 bits per heavy atom. The van der Waals surface area contributed by atoms with Crippen molar-refractivity contribution in [3.8, 4) is 0 Å². The molecule has 0 radical (unpaired) electrons. The van der Waals surface area contributed by atoms with Gasteiger partial charge in [0.15, 0.2) is 0 Å². The van der Waals surface area contributed by atoms with Crippen molar-refractivity contribution in [3.63, 3.8) is 0 Å². The highest BCUT2D eigenvalue weighted by molar-refractivity contribution is 5.98. The van der Waals surface area contributed by atoms with E-state index >= 15 is 0 Å². The van der Waals surface area contributed by atoms with E-state index in [1.54, 1.807) is 22.0 Å². The Morgan fingerprint density at radius 2 is 1.90 bits per heavy atom. The molecule has 2 bridgehead atoms. The number of likely N-dealkylation sites (tertiary alicyclic amines) is 1. The van der Waals surface area contributed by atoms with Gasteiger partial charge in [0.2, 0.25) is 11.8 Å². The molecular weight excluding hydrogens is 508 g/mol. The molecule has 0 aromatic heterocycles. The number of fused-ring (bicyclic) bond motifs is 1. The Morgan fingerprint density at radius 1 is 1.15 bits per heavy atom. The van der Waals surface area contributed by atoms with E-state index in [0.717, 1.165) is 18.4 Å². The van der Waals surface area contributed by atoms with E-state index in [9.17, 15) is 14.4 Å². The van der Waals surface area contributed by atoms with Gasteiger partial charge in [-0.15, -0.1) is 13.2 Å². The van der Waals surface area contributed by atoms with Crippen LogP contribution in [0.4, 0.5) is 0 Å². The summed E-state index contributed by atoms with van der Waals surface area (Å²) < 4.78 is 12.5. The van der Waals surface area contributed by atoms with Crippen LogP contribution in [0.2, 0.25) is 0 Å². The van der Waals surface area contributed by atoms with Gasteiger partial charge in [0.1, 0.15) is 17.6 Å². The second-order valence-corrected chi connectivity index (χ2v) is 11.2. The quantitative estimate of drug-likeness (QED) is 0.189. The molecule has 218 valence electrons. The number of carbonyl (C=O) groups is 3. The van der Waals surface area contributed by atoms with Crippen LogP contribution in [0.5, 0.6) is 0 Å². The number of aliphatic hydroxyl groups excluding tert-OH is 1. The number of aliphatic hydroxyl groups is 1. The molecule has 0 saturated carbocycles. The number of ether oxygens (including phenoxy) is 2. The average Bonchev–Trinajstić information content (AvgIpc) is 3.56. The van der Waals surface area contributed by atoms with Crippen molar-refractivity contribution >= 4 is 17.8 Å². The highest BCUT2D eigenvalue weighted by Gasteiger charge is 2.79. The standard InChI is InChI=1S/C32H44N2O6/c1-4-7-22-39-30(38)26-25-28(36)34(20-13-8-9-14-21-35)27(32(25)18-17-31(26,6-3)40-32)29(37)33(19-5-2)23-24-15-11-10-12-16-24/h4-5,10-12,15-16,25-27,35H,1-2,6-9,13-14,17-23H2,3H3/t25-,26-,27?,31+,32?/m0/s1. The van der Waals surface area contributed by atoms with Crippen molar-refractivity contribution in [2.24, 2.45) is 11.8 Å². The normalized spacial score (nSPS) is 28.4. The van der Waals surface area contributed by atoms with E-state index in [1.807, 2.05) is 37.3 Å². The largest absolute Gasteiger partial charge is 0.465 e. The van der Waals surface area contributed by atoms with Crippen molar-refractivity contribution < 1.29 is 29.0 Å². The highest BCUT2D eigenvalue weighted by atomic mass is 16.6. The summed E-state index contributed by atoms with van der Waals surface area (Å²) in [5.41, 5.74) is -0.912. The molecule has 8 nitrogen and oxygen atoms in total. The van der Waals surface area contributed by atoms with Crippen LogP contribution in [0.15, 0.2) is 55.6 Å². The van der Waals surface area contributed by atoms with Crippen LogP contribution in [0, 0.1) is 11.8 Å². The van der Waals surface area contributed by atoms with Gasteiger partial charge in [-0.1, -0.05) is 62.2 Å². The number of esters is 1. The molecule has 0 aliphatic carbocycles. The number of carbonyl (C=O) groups excluding carboxylic acids is 3. The average molecular weight is 553 g/mol. The number of nitrogens with zero attached hydrogens (tertiary/aromatic N) is 2. The molecule has 1 spiro atoms. The van der Waals surface area contributed by atoms with Gasteiger partial charge < -0.3 is 24.4 Å². The van der Waals surface area contributed by atoms with Crippen LogP contribution in [0.3, 0.4) is 0 Å². The third-order valence-electron chi connectivity index (χ3n) is 8.92. The number of hydrogen-bond donors (Lipinski definition) is 1. The lowest BCUT2D eigenvalue weighted by atomic mass is 9.65. The molecule has 5 atom stereocenters. The summed E-state index contributed by atoms with van der Waals surface area (Å²) >= 11 is 0. The lowest BCUT2D eigenvalue weighted by Crippen LogP contribution is -2.56. The summed E-state index contributed by atoms with van der Waals surface area (Å²) in [6, 6.07) is 8.93. The summed E-state index contributed by atoms with van der Waals surface area (Å²) in [6.45, 7) is 11.0. The van der Waals surface area contributed by atoms with Gasteiger partial charge in [-0.2, -0.15) is 0 Å². The van der Waals surface area contributed by atoms with Crippen molar-refractivity contribution in [1.82, 2.24) is 9.80 Å². The van der Waals surface area contributed by atoms with Crippen LogP contribution >= 0.6 is 0 Å². The van der Waals surface area contributed by atoms with Gasteiger partial charge in [0.25, 0.3) is 0 Å². The number of hydrogen-bond acceptors (Lipinski definition) is 6. The predicted molar refractivity (Wildman–Crippen MR) is 152 cm³/mol. The number of unbranched alkanes of at least 4 members (excludes halogenated alkanes) is 3. The van der Waals surface area contributed by atoms with E-state index in [-0.39, 0.29) is 25.0 Å². The monoisotopic (exact) mass is 552 g/mol. The van der Waals surface area contributed by atoms with Crippen molar-refractivity contribution in [1.29, 1.82) is 0 Å². The maximum Gasteiger partial charge on any atom is 0.312 e. The maximum absolute atomic E-state index is 14.5. The number of rotatable bonds is 16. The van der Waals surface area contributed by atoms with E-state index in [2.05, 4.69) is 13.2 Å². The van der Waals surface area contributed by atoms with E-state index < -0.39 is 35.0 Å². The molecule has 2 amide bonds. The number of benzene rings is 1. The molecule has 3 heterocycles. The Balaban J connectivity index is 1.69.